The highest BCUT2D eigenvalue weighted by Gasteiger charge is 2.47. The molecular formula is C28H29FN4O2. The molecular weight excluding hydrogens is 443 g/mol. The molecule has 2 aromatic carbocycles. The molecule has 3 aromatic rings. The summed E-state index contributed by atoms with van der Waals surface area (Å²) < 4.78 is 19.9. The summed E-state index contributed by atoms with van der Waals surface area (Å²) in [6.07, 6.45) is 8.82. The zero-order valence-electron chi connectivity index (χ0n) is 19.6. The van der Waals surface area contributed by atoms with Gasteiger partial charge in [0.25, 0.3) is 0 Å². The third-order valence-corrected chi connectivity index (χ3v) is 7.54. The van der Waals surface area contributed by atoms with E-state index < -0.39 is 0 Å². The van der Waals surface area contributed by atoms with Crippen LogP contribution in [0.15, 0.2) is 60.9 Å². The van der Waals surface area contributed by atoms with Crippen LogP contribution in [0.1, 0.15) is 49.3 Å². The number of hydrogen-bond acceptors (Lipinski definition) is 5. The smallest absolute Gasteiger partial charge is 0.240 e. The van der Waals surface area contributed by atoms with E-state index in [9.17, 15) is 9.18 Å². The highest BCUT2D eigenvalue weighted by Crippen LogP contribution is 2.46. The number of rotatable bonds is 4. The number of fused-ring (bicyclic) bond motifs is 3. The lowest BCUT2D eigenvalue weighted by Crippen LogP contribution is -2.45. The minimum atomic E-state index is -0.308. The maximum absolute atomic E-state index is 14.0. The number of amides is 1. The van der Waals surface area contributed by atoms with Gasteiger partial charge in [-0.3, -0.25) is 9.80 Å². The summed E-state index contributed by atoms with van der Waals surface area (Å²) in [5.41, 5.74) is 2.97. The fraction of sp³-hybridized carbons (Fsp3) is 0.393. The van der Waals surface area contributed by atoms with Crippen molar-refractivity contribution in [2.45, 2.75) is 44.7 Å². The Morgan fingerprint density at radius 3 is 2.69 bits per heavy atom. The van der Waals surface area contributed by atoms with Crippen LogP contribution < -0.4 is 4.74 Å². The molecule has 35 heavy (non-hydrogen) atoms. The first kappa shape index (κ1) is 22.2. The number of ether oxygens (including phenoxy) is 1. The third kappa shape index (κ3) is 4.29. The Morgan fingerprint density at radius 1 is 1.03 bits per heavy atom. The summed E-state index contributed by atoms with van der Waals surface area (Å²) in [6, 6.07) is 14.7. The summed E-state index contributed by atoms with van der Waals surface area (Å²) in [5.74, 6) is 1.37. The number of nitrogens with zero attached hydrogens (tertiary/aromatic N) is 4. The van der Waals surface area contributed by atoms with Crippen LogP contribution in [-0.2, 0) is 11.3 Å². The van der Waals surface area contributed by atoms with E-state index in [0.29, 0.717) is 31.3 Å². The highest BCUT2D eigenvalue weighted by molar-refractivity contribution is 5.79. The quantitative estimate of drug-likeness (QED) is 0.524. The van der Waals surface area contributed by atoms with Gasteiger partial charge in [-0.1, -0.05) is 43.5 Å². The van der Waals surface area contributed by atoms with Crippen LogP contribution in [0.2, 0.25) is 0 Å². The number of benzene rings is 2. The van der Waals surface area contributed by atoms with Gasteiger partial charge in [0.1, 0.15) is 11.6 Å². The molecule has 1 aromatic heterocycles. The minimum Gasteiger partial charge on any atom is -0.493 e. The summed E-state index contributed by atoms with van der Waals surface area (Å²) in [4.78, 5) is 22.5. The Morgan fingerprint density at radius 2 is 1.86 bits per heavy atom. The van der Waals surface area contributed by atoms with Gasteiger partial charge in [-0.2, -0.15) is 0 Å². The number of carbonyl (C=O) groups is 1. The first-order chi connectivity index (χ1) is 17.2. The van der Waals surface area contributed by atoms with Crippen molar-refractivity contribution in [2.75, 3.05) is 13.2 Å². The van der Waals surface area contributed by atoms with E-state index in [4.69, 9.17) is 4.74 Å². The van der Waals surface area contributed by atoms with E-state index in [0.717, 1.165) is 42.4 Å². The molecule has 3 heterocycles. The standard InChI is InChI=1S/C28H29FN4O2/c29-23-10-11-24-25(15-23)35-18-22-17-33(28(34)20-7-2-1-3-8-20)32(26(22)24)16-19-6-4-9-21(14-19)27-30-12-5-13-31-27/h4-6,9-15,20,22,26H,1-3,7-8,16-18H2/t22-,26-/m1/s1. The summed E-state index contributed by atoms with van der Waals surface area (Å²) in [6.45, 7) is 1.67. The molecule has 6 nitrogen and oxygen atoms in total. The van der Waals surface area contributed by atoms with Crippen LogP contribution >= 0.6 is 0 Å². The van der Waals surface area contributed by atoms with Gasteiger partial charge in [0.15, 0.2) is 5.82 Å². The van der Waals surface area contributed by atoms with Crippen molar-refractivity contribution in [3.05, 3.63) is 77.9 Å². The van der Waals surface area contributed by atoms with Crippen molar-refractivity contribution in [2.24, 2.45) is 11.8 Å². The summed E-state index contributed by atoms with van der Waals surface area (Å²) in [7, 11) is 0. The topological polar surface area (TPSA) is 58.6 Å². The van der Waals surface area contributed by atoms with Crippen LogP contribution in [0.4, 0.5) is 4.39 Å². The van der Waals surface area contributed by atoms with Gasteiger partial charge in [-0.25, -0.2) is 19.4 Å². The van der Waals surface area contributed by atoms with Crippen molar-refractivity contribution in [3.63, 3.8) is 0 Å². The van der Waals surface area contributed by atoms with Gasteiger partial charge in [0, 0.05) is 54.5 Å². The van der Waals surface area contributed by atoms with E-state index in [1.54, 1.807) is 18.5 Å². The maximum Gasteiger partial charge on any atom is 0.240 e. The highest BCUT2D eigenvalue weighted by atomic mass is 19.1. The molecule has 1 aliphatic carbocycles. The van der Waals surface area contributed by atoms with Crippen LogP contribution in [0.5, 0.6) is 5.75 Å². The molecule has 7 heteroatoms. The molecule has 2 atom stereocenters. The number of hydrazine groups is 1. The zero-order valence-corrected chi connectivity index (χ0v) is 19.6. The number of halogens is 1. The molecule has 1 saturated heterocycles. The molecule has 180 valence electrons. The number of carbonyl (C=O) groups excluding carboxylic acids is 1. The molecule has 0 spiro atoms. The second kappa shape index (κ2) is 9.38. The van der Waals surface area contributed by atoms with Gasteiger partial charge in [-0.15, -0.1) is 0 Å². The van der Waals surface area contributed by atoms with Crippen molar-refractivity contribution in [1.82, 2.24) is 20.0 Å². The summed E-state index contributed by atoms with van der Waals surface area (Å²) >= 11 is 0. The molecule has 0 radical (unpaired) electrons. The van der Waals surface area contributed by atoms with Crippen LogP contribution in [0.3, 0.4) is 0 Å². The molecule has 1 amide bonds. The lowest BCUT2D eigenvalue weighted by atomic mass is 9.88. The van der Waals surface area contributed by atoms with Gasteiger partial charge in [-0.05, 0) is 36.6 Å². The van der Waals surface area contributed by atoms with Crippen molar-refractivity contribution in [1.29, 1.82) is 0 Å². The van der Waals surface area contributed by atoms with Gasteiger partial charge >= 0.3 is 0 Å². The lowest BCUT2D eigenvalue weighted by Gasteiger charge is -2.37. The fourth-order valence-corrected chi connectivity index (χ4v) is 5.86. The third-order valence-electron chi connectivity index (χ3n) is 7.54. The Bertz CT molecular complexity index is 1210. The van der Waals surface area contributed by atoms with Gasteiger partial charge < -0.3 is 4.74 Å². The monoisotopic (exact) mass is 472 g/mol. The number of aromatic nitrogens is 2. The number of hydrogen-bond donors (Lipinski definition) is 0. The van der Waals surface area contributed by atoms with E-state index in [1.807, 2.05) is 23.2 Å². The normalized spacial score (nSPS) is 22.4. The average molecular weight is 473 g/mol. The van der Waals surface area contributed by atoms with Crippen LogP contribution in [-0.4, -0.2) is 39.0 Å². The molecule has 0 unspecified atom stereocenters. The van der Waals surface area contributed by atoms with Crippen LogP contribution in [0, 0.1) is 17.7 Å². The predicted octanol–water partition coefficient (Wildman–Crippen LogP) is 5.17. The zero-order chi connectivity index (χ0) is 23.8. The molecule has 2 fully saturated rings. The van der Waals surface area contributed by atoms with Gasteiger partial charge in [0.2, 0.25) is 5.91 Å². The van der Waals surface area contributed by atoms with Crippen LogP contribution in [0.25, 0.3) is 11.4 Å². The van der Waals surface area contributed by atoms with Crippen molar-refractivity contribution >= 4 is 5.91 Å². The maximum atomic E-state index is 14.0. The first-order valence-corrected chi connectivity index (χ1v) is 12.5. The molecule has 3 aliphatic rings. The molecule has 2 aliphatic heterocycles. The largest absolute Gasteiger partial charge is 0.493 e. The molecule has 1 saturated carbocycles. The molecule has 0 N–H and O–H groups in total. The second-order valence-electron chi connectivity index (χ2n) is 9.82. The predicted molar refractivity (Wildman–Crippen MR) is 129 cm³/mol. The SMILES string of the molecule is O=C(C1CCCCC1)N1C[C@@H]2COc3cc(F)ccc3[C@@H]2N1Cc1cccc(-c2ncccn2)c1. The molecule has 0 bridgehead atoms. The molecule has 6 rings (SSSR count). The van der Waals surface area contributed by atoms with E-state index in [1.165, 1.54) is 18.6 Å². The Kier molecular flexibility index (Phi) is 5.94. The van der Waals surface area contributed by atoms with E-state index >= 15 is 0 Å². The fourth-order valence-electron chi connectivity index (χ4n) is 5.86. The van der Waals surface area contributed by atoms with Crippen molar-refractivity contribution < 1.29 is 13.9 Å². The Labute approximate surface area is 204 Å². The lowest BCUT2D eigenvalue weighted by molar-refractivity contribution is -0.153. The summed E-state index contributed by atoms with van der Waals surface area (Å²) in [5, 5.41) is 4.17. The second-order valence-corrected chi connectivity index (χ2v) is 9.82. The Balaban J connectivity index is 1.35. The first-order valence-electron chi connectivity index (χ1n) is 12.5. The minimum absolute atomic E-state index is 0.0384. The van der Waals surface area contributed by atoms with Gasteiger partial charge in [0.05, 0.1) is 12.6 Å². The van der Waals surface area contributed by atoms with E-state index in [-0.39, 0.29) is 29.6 Å². The Hall–Kier alpha value is -3.32. The average Bonchev–Trinajstić information content (AvgIpc) is 3.27. The van der Waals surface area contributed by atoms with E-state index in [2.05, 4.69) is 27.1 Å². The van der Waals surface area contributed by atoms with Crippen molar-refractivity contribution in [3.8, 4) is 17.1 Å².